The molecule has 1 aliphatic heterocycles. The van der Waals surface area contributed by atoms with E-state index in [9.17, 15) is 9.90 Å². The number of carbonyl (C=O) groups excluding carboxylic acids is 1. The third kappa shape index (κ3) is 7.16. The van der Waals surface area contributed by atoms with Gasteiger partial charge in [-0.3, -0.25) is 9.69 Å². The average Bonchev–Trinajstić information content (AvgIpc) is 3.24. The van der Waals surface area contributed by atoms with Gasteiger partial charge in [0.25, 0.3) is 0 Å². The molecule has 1 N–H and O–H groups in total. The fraction of sp³-hybridized carbons (Fsp3) is 0.519. The number of hydrogen-bond donors (Lipinski definition) is 1. The summed E-state index contributed by atoms with van der Waals surface area (Å²) in [6.07, 6.45) is 3.39. The normalized spacial score (nSPS) is 17.7. The van der Waals surface area contributed by atoms with E-state index < -0.39 is 5.60 Å². The molecule has 2 aromatic rings. The van der Waals surface area contributed by atoms with Gasteiger partial charge in [0.05, 0.1) is 18.2 Å². The Morgan fingerprint density at radius 2 is 2.21 bits per heavy atom. The molecule has 0 aliphatic carbocycles. The molecule has 3 rings (SSSR count). The highest BCUT2D eigenvalue weighted by atomic mass is 32.1. The third-order valence-electron chi connectivity index (χ3n) is 6.18. The van der Waals surface area contributed by atoms with Crippen LogP contribution in [0.15, 0.2) is 48.4 Å². The zero-order valence-electron chi connectivity index (χ0n) is 20.4. The minimum Gasteiger partial charge on any atom is -0.491 e. The second-order valence-corrected chi connectivity index (χ2v) is 10.7. The maximum atomic E-state index is 13.6. The van der Waals surface area contributed by atoms with Crippen LogP contribution in [0.1, 0.15) is 49.2 Å². The van der Waals surface area contributed by atoms with E-state index in [1.165, 1.54) is 10.4 Å². The molecule has 0 saturated heterocycles. The minimum atomic E-state index is -1.03. The van der Waals surface area contributed by atoms with Crippen LogP contribution in [0.25, 0.3) is 0 Å². The minimum absolute atomic E-state index is 0.0771. The van der Waals surface area contributed by atoms with Gasteiger partial charge in [0, 0.05) is 18.0 Å². The molecule has 0 bridgehead atoms. The summed E-state index contributed by atoms with van der Waals surface area (Å²) in [6, 6.07) is 10.0. The zero-order valence-corrected chi connectivity index (χ0v) is 21.2. The summed E-state index contributed by atoms with van der Waals surface area (Å²) in [7, 11) is 0. The van der Waals surface area contributed by atoms with Crippen molar-refractivity contribution in [3.63, 3.8) is 0 Å². The zero-order chi connectivity index (χ0) is 24.0. The van der Waals surface area contributed by atoms with Crippen LogP contribution in [-0.4, -0.2) is 59.2 Å². The van der Waals surface area contributed by atoms with Gasteiger partial charge in [-0.1, -0.05) is 32.1 Å². The van der Waals surface area contributed by atoms with E-state index in [0.717, 1.165) is 30.7 Å². The van der Waals surface area contributed by atoms with Gasteiger partial charge >= 0.3 is 0 Å². The number of rotatable bonds is 11. The molecule has 1 aromatic carbocycles. The van der Waals surface area contributed by atoms with E-state index in [2.05, 4.69) is 36.8 Å². The summed E-state index contributed by atoms with van der Waals surface area (Å²) in [5, 5.41) is 12.7. The van der Waals surface area contributed by atoms with Crippen molar-refractivity contribution in [2.45, 2.75) is 52.2 Å². The van der Waals surface area contributed by atoms with E-state index in [0.29, 0.717) is 25.6 Å². The van der Waals surface area contributed by atoms with Gasteiger partial charge in [-0.15, -0.1) is 17.9 Å². The maximum Gasteiger partial charge on any atom is 0.237 e. The Balaban J connectivity index is 1.75. The molecule has 6 heteroatoms. The maximum absolute atomic E-state index is 13.6. The standard InChI is InChI=1S/C27H38N2O3S/c1-6-27(5,31)19-28(13-10-20(2)3)17-26(30)29-14-11-25-23(12-15-33-25)24(29)18-32-22-9-7-8-21(4)16-22/h6-9,12,15-16,20,24,31H,1,10-11,13-14,17-19H2,2-5H3/t24-,27+/m0/s1. The molecule has 5 nitrogen and oxygen atoms in total. The van der Waals surface area contributed by atoms with Crippen molar-refractivity contribution in [3.05, 3.63) is 64.4 Å². The van der Waals surface area contributed by atoms with E-state index in [1.54, 1.807) is 24.3 Å². The first-order chi connectivity index (χ1) is 15.7. The van der Waals surface area contributed by atoms with Crippen molar-refractivity contribution >= 4 is 17.2 Å². The molecule has 180 valence electrons. The number of hydrogen-bond acceptors (Lipinski definition) is 5. The van der Waals surface area contributed by atoms with Gasteiger partial charge in [-0.05, 0) is 73.9 Å². The number of aryl methyl sites for hydroxylation is 1. The quantitative estimate of drug-likeness (QED) is 0.477. The Labute approximate surface area is 202 Å². The lowest BCUT2D eigenvalue weighted by Gasteiger charge is -2.38. The summed E-state index contributed by atoms with van der Waals surface area (Å²) >= 11 is 1.75. The molecule has 2 heterocycles. The van der Waals surface area contributed by atoms with Gasteiger partial charge in [0.2, 0.25) is 5.91 Å². The predicted octanol–water partition coefficient (Wildman–Crippen LogP) is 4.85. The SMILES string of the molecule is C=C[C@@](C)(O)CN(CCC(C)C)CC(=O)N1CCc2sccc2[C@@H]1COc1cccc(C)c1. The highest BCUT2D eigenvalue weighted by Gasteiger charge is 2.33. The van der Waals surface area contributed by atoms with E-state index >= 15 is 0 Å². The Bertz CT molecular complexity index is 937. The molecule has 1 aromatic heterocycles. The Morgan fingerprint density at radius 3 is 2.91 bits per heavy atom. The second-order valence-electron chi connectivity index (χ2n) is 9.73. The number of amides is 1. The molecule has 0 fully saturated rings. The van der Waals surface area contributed by atoms with Crippen molar-refractivity contribution in [1.29, 1.82) is 0 Å². The van der Waals surface area contributed by atoms with Gasteiger partial charge in [0.1, 0.15) is 12.4 Å². The van der Waals surface area contributed by atoms with Crippen molar-refractivity contribution in [3.8, 4) is 5.75 Å². The van der Waals surface area contributed by atoms with Crippen molar-refractivity contribution in [2.75, 3.05) is 32.8 Å². The molecular weight excluding hydrogens is 432 g/mol. The third-order valence-corrected chi connectivity index (χ3v) is 7.17. The lowest BCUT2D eigenvalue weighted by molar-refractivity contribution is -0.136. The lowest BCUT2D eigenvalue weighted by Crippen LogP contribution is -2.49. The first kappa shape index (κ1) is 25.5. The van der Waals surface area contributed by atoms with Gasteiger partial charge < -0.3 is 14.7 Å². The van der Waals surface area contributed by atoms with E-state index in [4.69, 9.17) is 4.74 Å². The summed E-state index contributed by atoms with van der Waals surface area (Å²) in [5.74, 6) is 1.42. The average molecular weight is 471 g/mol. The summed E-state index contributed by atoms with van der Waals surface area (Å²) in [6.45, 7) is 14.4. The summed E-state index contributed by atoms with van der Waals surface area (Å²) < 4.78 is 6.16. The second kappa shape index (κ2) is 11.3. The molecule has 33 heavy (non-hydrogen) atoms. The van der Waals surface area contributed by atoms with Crippen LogP contribution in [0.4, 0.5) is 0 Å². The molecule has 0 radical (unpaired) electrons. The Hall–Kier alpha value is -2.15. The van der Waals surface area contributed by atoms with E-state index in [-0.39, 0.29) is 18.5 Å². The van der Waals surface area contributed by atoms with Gasteiger partial charge in [-0.2, -0.15) is 0 Å². The number of aliphatic hydroxyl groups is 1. The molecule has 1 aliphatic rings. The van der Waals surface area contributed by atoms with Crippen LogP contribution in [0, 0.1) is 12.8 Å². The summed E-state index contributed by atoms with van der Waals surface area (Å²) in [5.41, 5.74) is 1.31. The number of ether oxygens (including phenoxy) is 1. The molecular formula is C27H38N2O3S. The van der Waals surface area contributed by atoms with Crippen molar-refractivity contribution in [2.24, 2.45) is 5.92 Å². The fourth-order valence-corrected chi connectivity index (χ4v) is 5.14. The fourth-order valence-electron chi connectivity index (χ4n) is 4.21. The Kier molecular flexibility index (Phi) is 8.74. The molecule has 0 spiro atoms. The van der Waals surface area contributed by atoms with E-state index in [1.807, 2.05) is 36.1 Å². The first-order valence-corrected chi connectivity index (χ1v) is 12.7. The van der Waals surface area contributed by atoms with Gasteiger partial charge in [0.15, 0.2) is 0 Å². The molecule has 2 atom stereocenters. The lowest BCUT2D eigenvalue weighted by atomic mass is 10.00. The molecule has 1 amide bonds. The van der Waals surface area contributed by atoms with Gasteiger partial charge in [-0.25, -0.2) is 0 Å². The molecule has 0 saturated carbocycles. The van der Waals surface area contributed by atoms with Crippen LogP contribution in [0.3, 0.4) is 0 Å². The first-order valence-electron chi connectivity index (χ1n) is 11.8. The predicted molar refractivity (Wildman–Crippen MR) is 136 cm³/mol. The largest absolute Gasteiger partial charge is 0.491 e. The number of nitrogens with zero attached hydrogens (tertiary/aromatic N) is 2. The monoisotopic (exact) mass is 470 g/mol. The van der Waals surface area contributed by atoms with Crippen molar-refractivity contribution < 1.29 is 14.6 Å². The van der Waals surface area contributed by atoms with Crippen LogP contribution in [-0.2, 0) is 11.2 Å². The highest BCUT2D eigenvalue weighted by Crippen LogP contribution is 2.34. The number of carbonyl (C=O) groups is 1. The smallest absolute Gasteiger partial charge is 0.237 e. The van der Waals surface area contributed by atoms with Crippen LogP contribution < -0.4 is 4.74 Å². The number of benzene rings is 1. The topological polar surface area (TPSA) is 53.0 Å². The van der Waals surface area contributed by atoms with Crippen molar-refractivity contribution in [1.82, 2.24) is 9.80 Å². The van der Waals surface area contributed by atoms with Crippen LogP contribution in [0.5, 0.6) is 5.75 Å². The number of thiophene rings is 1. The Morgan fingerprint density at radius 1 is 1.42 bits per heavy atom. The van der Waals surface area contributed by atoms with Crippen LogP contribution in [0.2, 0.25) is 0 Å². The number of fused-ring (bicyclic) bond motifs is 1. The summed E-state index contributed by atoms with van der Waals surface area (Å²) in [4.78, 5) is 18.9. The molecule has 0 unspecified atom stereocenters. The van der Waals surface area contributed by atoms with Crippen LogP contribution >= 0.6 is 11.3 Å². The highest BCUT2D eigenvalue weighted by molar-refractivity contribution is 7.10.